The van der Waals surface area contributed by atoms with E-state index in [-0.39, 0.29) is 36.5 Å². The van der Waals surface area contributed by atoms with Crippen LogP contribution in [0.15, 0.2) is 58.8 Å². The summed E-state index contributed by atoms with van der Waals surface area (Å²) in [6, 6.07) is 14.2. The predicted octanol–water partition coefficient (Wildman–Crippen LogP) is 4.92. The van der Waals surface area contributed by atoms with Gasteiger partial charge in [0.1, 0.15) is 11.6 Å². The molecule has 1 aliphatic rings. The van der Waals surface area contributed by atoms with Gasteiger partial charge in [-0.05, 0) is 44.0 Å². The minimum Gasteiger partial charge on any atom is -0.459 e. The van der Waals surface area contributed by atoms with Crippen LogP contribution in [0.3, 0.4) is 0 Å². The summed E-state index contributed by atoms with van der Waals surface area (Å²) in [5, 5.41) is 3.26. The smallest absolute Gasteiger partial charge is 0.309 e. The number of rotatable bonds is 6. The number of ether oxygens (including phenoxy) is 1. The lowest BCUT2D eigenvalue weighted by Gasteiger charge is -2.30. The molecule has 0 saturated carbocycles. The number of benzene rings is 2. The van der Waals surface area contributed by atoms with Gasteiger partial charge in [0.05, 0.1) is 16.5 Å². The standard InChI is InChI=1S/C23H23ClN2O4S2/c1-16-2-4-17(5-3-16)22-25-20(15-31-22)14-30-23(27)18-10-12-26(13-11-18)32(28,29)21-8-6-19(24)7-9-21/h2-9,15,18H,10-14H2,1H3. The molecule has 2 aromatic carbocycles. The minimum absolute atomic E-state index is 0.116. The molecule has 1 aromatic heterocycles. The Morgan fingerprint density at radius 2 is 1.78 bits per heavy atom. The molecule has 0 amide bonds. The number of esters is 1. The van der Waals surface area contributed by atoms with E-state index in [1.807, 2.05) is 36.6 Å². The van der Waals surface area contributed by atoms with Gasteiger partial charge in [-0.1, -0.05) is 41.4 Å². The van der Waals surface area contributed by atoms with Crippen molar-refractivity contribution in [1.29, 1.82) is 0 Å². The molecule has 6 nitrogen and oxygen atoms in total. The molecule has 1 aliphatic heterocycles. The van der Waals surface area contributed by atoms with Crippen molar-refractivity contribution in [2.75, 3.05) is 13.1 Å². The van der Waals surface area contributed by atoms with E-state index in [9.17, 15) is 13.2 Å². The fourth-order valence-electron chi connectivity index (χ4n) is 3.55. The number of aromatic nitrogens is 1. The Bertz CT molecular complexity index is 1180. The number of carbonyl (C=O) groups excluding carboxylic acids is 1. The second-order valence-electron chi connectivity index (χ2n) is 7.75. The van der Waals surface area contributed by atoms with Crippen LogP contribution in [0.5, 0.6) is 0 Å². The molecule has 3 aromatic rings. The summed E-state index contributed by atoms with van der Waals surface area (Å²) < 4.78 is 32.5. The van der Waals surface area contributed by atoms with Crippen molar-refractivity contribution in [3.05, 3.63) is 70.2 Å². The molecular formula is C23H23ClN2O4S2. The molecule has 0 radical (unpaired) electrons. The largest absolute Gasteiger partial charge is 0.459 e. The molecule has 0 N–H and O–H groups in total. The Hall–Kier alpha value is -2.26. The molecule has 0 atom stereocenters. The monoisotopic (exact) mass is 490 g/mol. The number of carbonyl (C=O) groups is 1. The van der Waals surface area contributed by atoms with Crippen molar-refractivity contribution >= 4 is 38.9 Å². The number of sulfonamides is 1. The zero-order chi connectivity index (χ0) is 22.7. The maximum absolute atomic E-state index is 12.8. The number of nitrogens with zero attached hydrogens (tertiary/aromatic N) is 2. The van der Waals surface area contributed by atoms with Gasteiger partial charge < -0.3 is 4.74 Å². The van der Waals surface area contributed by atoms with Crippen LogP contribution in [-0.2, 0) is 26.2 Å². The van der Waals surface area contributed by atoms with Gasteiger partial charge in [-0.25, -0.2) is 13.4 Å². The summed E-state index contributed by atoms with van der Waals surface area (Å²) in [4.78, 5) is 17.3. The van der Waals surface area contributed by atoms with E-state index in [0.29, 0.717) is 23.6 Å². The second kappa shape index (κ2) is 9.70. The Morgan fingerprint density at radius 3 is 2.44 bits per heavy atom. The van der Waals surface area contributed by atoms with E-state index in [4.69, 9.17) is 16.3 Å². The number of hydrogen-bond acceptors (Lipinski definition) is 6. The lowest BCUT2D eigenvalue weighted by Crippen LogP contribution is -2.40. The van der Waals surface area contributed by atoms with E-state index in [2.05, 4.69) is 4.98 Å². The first-order valence-electron chi connectivity index (χ1n) is 10.3. The fraction of sp³-hybridized carbons (Fsp3) is 0.304. The zero-order valence-corrected chi connectivity index (χ0v) is 19.9. The quantitative estimate of drug-likeness (QED) is 0.458. The molecule has 0 aliphatic carbocycles. The highest BCUT2D eigenvalue weighted by Gasteiger charge is 2.32. The van der Waals surface area contributed by atoms with Gasteiger partial charge in [0.2, 0.25) is 10.0 Å². The van der Waals surface area contributed by atoms with Crippen molar-refractivity contribution in [3.8, 4) is 10.6 Å². The summed E-state index contributed by atoms with van der Waals surface area (Å²) in [5.41, 5.74) is 2.93. The maximum Gasteiger partial charge on any atom is 0.309 e. The summed E-state index contributed by atoms with van der Waals surface area (Å²) >= 11 is 7.36. The van der Waals surface area contributed by atoms with Gasteiger partial charge in [-0.2, -0.15) is 4.31 Å². The molecule has 32 heavy (non-hydrogen) atoms. The van der Waals surface area contributed by atoms with Crippen molar-refractivity contribution in [2.24, 2.45) is 5.92 Å². The predicted molar refractivity (Wildman–Crippen MR) is 125 cm³/mol. The SMILES string of the molecule is Cc1ccc(-c2nc(COC(=O)C3CCN(S(=O)(=O)c4ccc(Cl)cc4)CC3)cs2)cc1. The van der Waals surface area contributed by atoms with Crippen molar-refractivity contribution in [3.63, 3.8) is 0 Å². The van der Waals surface area contributed by atoms with E-state index in [1.165, 1.54) is 33.3 Å². The molecule has 2 heterocycles. The molecular weight excluding hydrogens is 468 g/mol. The van der Waals surface area contributed by atoms with Crippen LogP contribution in [0.1, 0.15) is 24.1 Å². The first-order chi connectivity index (χ1) is 15.3. The highest BCUT2D eigenvalue weighted by molar-refractivity contribution is 7.89. The van der Waals surface area contributed by atoms with E-state index < -0.39 is 10.0 Å². The Kier molecular flexibility index (Phi) is 6.95. The Labute approximate surface area is 196 Å². The van der Waals surface area contributed by atoms with Gasteiger partial charge in [0, 0.05) is 29.1 Å². The Balaban J connectivity index is 1.29. The average molecular weight is 491 g/mol. The minimum atomic E-state index is -3.60. The van der Waals surface area contributed by atoms with Crippen LogP contribution in [0.2, 0.25) is 5.02 Å². The molecule has 9 heteroatoms. The highest BCUT2D eigenvalue weighted by atomic mass is 35.5. The van der Waals surface area contributed by atoms with Crippen LogP contribution in [0, 0.1) is 12.8 Å². The number of hydrogen-bond donors (Lipinski definition) is 0. The number of piperidine rings is 1. The Morgan fingerprint density at radius 1 is 1.12 bits per heavy atom. The fourth-order valence-corrected chi connectivity index (χ4v) is 5.96. The van der Waals surface area contributed by atoms with Crippen molar-refractivity contribution < 1.29 is 17.9 Å². The zero-order valence-electron chi connectivity index (χ0n) is 17.5. The third kappa shape index (κ3) is 5.20. The van der Waals surface area contributed by atoms with E-state index in [0.717, 1.165) is 10.6 Å². The third-order valence-corrected chi connectivity index (χ3v) is 8.56. The van der Waals surface area contributed by atoms with Crippen LogP contribution in [0.4, 0.5) is 0 Å². The van der Waals surface area contributed by atoms with Gasteiger partial charge in [0.15, 0.2) is 0 Å². The lowest BCUT2D eigenvalue weighted by atomic mass is 9.98. The topological polar surface area (TPSA) is 76.6 Å². The van der Waals surface area contributed by atoms with Crippen LogP contribution in [0.25, 0.3) is 10.6 Å². The van der Waals surface area contributed by atoms with Gasteiger partial charge in [0.25, 0.3) is 0 Å². The maximum atomic E-state index is 12.8. The molecule has 0 unspecified atom stereocenters. The van der Waals surface area contributed by atoms with E-state index in [1.54, 1.807) is 12.1 Å². The molecule has 1 saturated heterocycles. The molecule has 168 valence electrons. The highest BCUT2D eigenvalue weighted by Crippen LogP contribution is 2.27. The van der Waals surface area contributed by atoms with Crippen LogP contribution >= 0.6 is 22.9 Å². The van der Waals surface area contributed by atoms with E-state index >= 15 is 0 Å². The van der Waals surface area contributed by atoms with Crippen molar-refractivity contribution in [1.82, 2.24) is 9.29 Å². The summed E-state index contributed by atoms with van der Waals surface area (Å²) in [7, 11) is -3.60. The molecule has 1 fully saturated rings. The van der Waals surface area contributed by atoms with Gasteiger partial charge >= 0.3 is 5.97 Å². The average Bonchev–Trinajstić information content (AvgIpc) is 3.27. The first kappa shape index (κ1) is 22.9. The summed E-state index contributed by atoms with van der Waals surface area (Å²) in [5.74, 6) is -0.625. The molecule has 0 spiro atoms. The molecule has 4 rings (SSSR count). The number of halogens is 1. The first-order valence-corrected chi connectivity index (χ1v) is 13.0. The van der Waals surface area contributed by atoms with Gasteiger partial charge in [-0.15, -0.1) is 11.3 Å². The van der Waals surface area contributed by atoms with Crippen molar-refractivity contribution in [2.45, 2.75) is 31.3 Å². The summed E-state index contributed by atoms with van der Waals surface area (Å²) in [6.45, 7) is 2.70. The number of thiazole rings is 1. The van der Waals surface area contributed by atoms with Crippen LogP contribution < -0.4 is 0 Å². The van der Waals surface area contributed by atoms with Gasteiger partial charge in [-0.3, -0.25) is 4.79 Å². The molecule has 0 bridgehead atoms. The third-order valence-electron chi connectivity index (χ3n) is 5.45. The number of aryl methyl sites for hydroxylation is 1. The van der Waals surface area contributed by atoms with Crippen LogP contribution in [-0.4, -0.2) is 36.8 Å². The second-order valence-corrected chi connectivity index (χ2v) is 11.0. The normalized spacial score (nSPS) is 15.6. The summed E-state index contributed by atoms with van der Waals surface area (Å²) in [6.07, 6.45) is 0.856. The lowest BCUT2D eigenvalue weighted by molar-refractivity contribution is -0.151.